The van der Waals surface area contributed by atoms with Crippen LogP contribution in [0.5, 0.6) is 0 Å². The molecule has 3 heterocycles. The Morgan fingerprint density at radius 1 is 1.20 bits per heavy atom. The van der Waals surface area contributed by atoms with Crippen molar-refractivity contribution in [2.24, 2.45) is 0 Å². The van der Waals surface area contributed by atoms with Crippen LogP contribution in [-0.2, 0) is 16.0 Å². The summed E-state index contributed by atoms with van der Waals surface area (Å²) in [5.74, 6) is 0.188. The molecule has 0 spiro atoms. The molecule has 1 aliphatic rings. The molecule has 1 saturated heterocycles. The summed E-state index contributed by atoms with van der Waals surface area (Å²) in [7, 11) is 0. The van der Waals surface area contributed by atoms with Gasteiger partial charge < -0.3 is 9.64 Å². The molecule has 6 heteroatoms. The van der Waals surface area contributed by atoms with Crippen molar-refractivity contribution >= 4 is 22.5 Å². The molecule has 1 fully saturated rings. The first-order chi connectivity index (χ1) is 12.1. The van der Waals surface area contributed by atoms with Gasteiger partial charge in [0.05, 0.1) is 18.7 Å². The zero-order valence-corrected chi connectivity index (χ0v) is 14.7. The van der Waals surface area contributed by atoms with E-state index in [0.717, 1.165) is 33.5 Å². The van der Waals surface area contributed by atoms with Gasteiger partial charge in [0.2, 0.25) is 5.91 Å². The molecule has 4 rings (SSSR count). The minimum Gasteiger partial charge on any atom is -0.378 e. The monoisotopic (exact) mass is 338 g/mol. The third-order valence-corrected chi connectivity index (χ3v) is 4.97. The highest BCUT2D eigenvalue weighted by molar-refractivity contribution is 5.92. The smallest absolute Gasteiger partial charge is 0.223 e. The maximum Gasteiger partial charge on any atom is 0.223 e. The molecular weight excluding hydrogens is 316 g/mol. The highest BCUT2D eigenvalue weighted by Gasteiger charge is 2.19. The second-order valence-electron chi connectivity index (χ2n) is 6.51. The Morgan fingerprint density at radius 2 is 1.96 bits per heavy atom. The number of ether oxygens (including phenoxy) is 1. The van der Waals surface area contributed by atoms with E-state index in [9.17, 15) is 4.79 Å². The van der Waals surface area contributed by atoms with Gasteiger partial charge in [-0.15, -0.1) is 0 Å². The first-order valence-corrected chi connectivity index (χ1v) is 8.74. The van der Waals surface area contributed by atoms with Gasteiger partial charge >= 0.3 is 0 Å². The second kappa shape index (κ2) is 6.44. The number of benzene rings is 1. The number of aryl methyl sites for hydroxylation is 2. The van der Waals surface area contributed by atoms with E-state index in [1.165, 1.54) is 0 Å². The van der Waals surface area contributed by atoms with Crippen LogP contribution in [0, 0.1) is 13.8 Å². The van der Waals surface area contributed by atoms with Gasteiger partial charge in [-0.1, -0.05) is 12.1 Å². The predicted octanol–water partition coefficient (Wildman–Crippen LogP) is 2.29. The van der Waals surface area contributed by atoms with Gasteiger partial charge in [-0.05, 0) is 38.0 Å². The largest absolute Gasteiger partial charge is 0.378 e. The molecule has 0 unspecified atom stereocenters. The number of hydrogen-bond acceptors (Lipinski definition) is 4. The van der Waals surface area contributed by atoms with Gasteiger partial charge in [0.25, 0.3) is 0 Å². The predicted molar refractivity (Wildman–Crippen MR) is 95.7 cm³/mol. The van der Waals surface area contributed by atoms with Crippen molar-refractivity contribution in [2.75, 3.05) is 26.3 Å². The number of aromatic nitrogens is 3. The van der Waals surface area contributed by atoms with E-state index in [1.54, 1.807) is 0 Å². The molecule has 0 bridgehead atoms. The van der Waals surface area contributed by atoms with Gasteiger partial charge in [0.15, 0.2) is 5.65 Å². The van der Waals surface area contributed by atoms with Crippen LogP contribution in [0.2, 0.25) is 0 Å². The molecule has 0 atom stereocenters. The van der Waals surface area contributed by atoms with E-state index in [4.69, 9.17) is 9.72 Å². The minimum absolute atomic E-state index is 0.188. The zero-order valence-electron chi connectivity index (χ0n) is 14.7. The quantitative estimate of drug-likeness (QED) is 0.735. The lowest BCUT2D eigenvalue weighted by Crippen LogP contribution is -2.40. The molecular formula is C19H22N4O2. The average Bonchev–Trinajstić information content (AvgIpc) is 3.01. The van der Waals surface area contributed by atoms with Crippen molar-refractivity contribution < 1.29 is 9.53 Å². The fraction of sp³-hybridized carbons (Fsp3) is 0.421. The van der Waals surface area contributed by atoms with Crippen molar-refractivity contribution in [1.29, 1.82) is 0 Å². The van der Waals surface area contributed by atoms with E-state index in [1.807, 2.05) is 40.6 Å². The van der Waals surface area contributed by atoms with Crippen LogP contribution in [0.4, 0.5) is 0 Å². The molecule has 1 amide bonds. The van der Waals surface area contributed by atoms with Crippen LogP contribution in [0.15, 0.2) is 24.3 Å². The number of rotatable bonds is 3. The number of hydrogen-bond donors (Lipinski definition) is 0. The van der Waals surface area contributed by atoms with E-state index >= 15 is 0 Å². The Labute approximate surface area is 146 Å². The standard InChI is InChI=1S/C19H22N4O2/c1-13-15(7-8-18(24)22-9-11-25-12-10-22)14(2)23-19(20-13)16-5-3-4-6-17(16)21-23/h3-6H,7-12H2,1-2H3. The molecule has 1 aromatic carbocycles. The van der Waals surface area contributed by atoms with Gasteiger partial charge in [0.1, 0.15) is 0 Å². The van der Waals surface area contributed by atoms with Crippen molar-refractivity contribution in [3.63, 3.8) is 0 Å². The second-order valence-corrected chi connectivity index (χ2v) is 6.51. The Balaban J connectivity index is 1.63. The third kappa shape index (κ3) is 2.87. The summed E-state index contributed by atoms with van der Waals surface area (Å²) in [5.41, 5.74) is 4.98. The van der Waals surface area contributed by atoms with Crippen LogP contribution in [-0.4, -0.2) is 51.7 Å². The molecule has 0 radical (unpaired) electrons. The topological polar surface area (TPSA) is 59.7 Å². The van der Waals surface area contributed by atoms with Crippen molar-refractivity contribution in [1.82, 2.24) is 19.5 Å². The molecule has 0 aliphatic carbocycles. The molecule has 130 valence electrons. The maximum absolute atomic E-state index is 12.4. The summed E-state index contributed by atoms with van der Waals surface area (Å²) < 4.78 is 7.22. The highest BCUT2D eigenvalue weighted by Crippen LogP contribution is 2.23. The average molecular weight is 338 g/mol. The van der Waals surface area contributed by atoms with Crippen molar-refractivity contribution in [3.8, 4) is 0 Å². The van der Waals surface area contributed by atoms with Crippen molar-refractivity contribution in [2.45, 2.75) is 26.7 Å². The number of amides is 1. The number of carbonyl (C=O) groups excluding carboxylic acids is 1. The lowest BCUT2D eigenvalue weighted by Gasteiger charge is -2.27. The molecule has 2 aromatic heterocycles. The molecule has 0 saturated carbocycles. The molecule has 25 heavy (non-hydrogen) atoms. The van der Waals surface area contributed by atoms with E-state index < -0.39 is 0 Å². The van der Waals surface area contributed by atoms with Crippen LogP contribution in [0.1, 0.15) is 23.4 Å². The SMILES string of the molecule is Cc1nc2c3ccccc3nn2c(C)c1CCC(=O)N1CCOCC1. The Morgan fingerprint density at radius 3 is 2.76 bits per heavy atom. The van der Waals surface area contributed by atoms with Crippen LogP contribution >= 0.6 is 0 Å². The van der Waals surface area contributed by atoms with E-state index in [2.05, 4.69) is 12.0 Å². The number of carbonyl (C=O) groups is 1. The van der Waals surface area contributed by atoms with Gasteiger partial charge in [0, 0.05) is 36.3 Å². The Bertz CT molecular complexity index is 941. The van der Waals surface area contributed by atoms with Crippen LogP contribution in [0.25, 0.3) is 16.6 Å². The maximum atomic E-state index is 12.4. The summed E-state index contributed by atoms with van der Waals surface area (Å²) in [6.45, 7) is 6.73. The lowest BCUT2D eigenvalue weighted by molar-refractivity contribution is -0.135. The van der Waals surface area contributed by atoms with E-state index in [-0.39, 0.29) is 5.91 Å². The fourth-order valence-corrected chi connectivity index (χ4v) is 3.54. The van der Waals surface area contributed by atoms with Gasteiger partial charge in [-0.3, -0.25) is 4.79 Å². The number of fused-ring (bicyclic) bond motifs is 3. The minimum atomic E-state index is 0.188. The molecule has 6 nitrogen and oxygen atoms in total. The molecule has 1 aliphatic heterocycles. The highest BCUT2D eigenvalue weighted by atomic mass is 16.5. The van der Waals surface area contributed by atoms with E-state index in [0.29, 0.717) is 39.1 Å². The zero-order chi connectivity index (χ0) is 17.4. The third-order valence-electron chi connectivity index (χ3n) is 4.97. The first kappa shape index (κ1) is 16.0. The summed E-state index contributed by atoms with van der Waals surface area (Å²) in [4.78, 5) is 19.1. The van der Waals surface area contributed by atoms with Crippen molar-refractivity contribution in [3.05, 3.63) is 41.2 Å². The summed E-state index contributed by atoms with van der Waals surface area (Å²) in [6, 6.07) is 8.04. The molecule has 0 N–H and O–H groups in total. The summed E-state index contributed by atoms with van der Waals surface area (Å²) in [5, 5.41) is 5.74. The summed E-state index contributed by atoms with van der Waals surface area (Å²) >= 11 is 0. The van der Waals surface area contributed by atoms with Gasteiger partial charge in [-0.2, -0.15) is 5.10 Å². The first-order valence-electron chi connectivity index (χ1n) is 8.74. The Hall–Kier alpha value is -2.47. The lowest BCUT2D eigenvalue weighted by atomic mass is 10.1. The summed E-state index contributed by atoms with van der Waals surface area (Å²) in [6.07, 6.45) is 1.18. The molecule has 3 aromatic rings. The normalized spacial score (nSPS) is 15.2. The Kier molecular flexibility index (Phi) is 4.13. The van der Waals surface area contributed by atoms with Gasteiger partial charge in [-0.25, -0.2) is 9.50 Å². The van der Waals surface area contributed by atoms with Crippen LogP contribution < -0.4 is 0 Å². The fourth-order valence-electron chi connectivity index (χ4n) is 3.54. The van der Waals surface area contributed by atoms with Crippen LogP contribution in [0.3, 0.4) is 0 Å². The number of nitrogens with zero attached hydrogens (tertiary/aromatic N) is 4. The number of morpholine rings is 1.